The number of aryl methyl sites for hydroxylation is 2. The molecule has 0 spiro atoms. The summed E-state index contributed by atoms with van der Waals surface area (Å²) in [5.74, 6) is 1.48. The molecule has 7 nitrogen and oxygen atoms in total. The van der Waals surface area contributed by atoms with Gasteiger partial charge in [0.05, 0.1) is 12.8 Å². The average molecular weight is 452 g/mol. The van der Waals surface area contributed by atoms with Crippen LogP contribution in [0.15, 0.2) is 9.52 Å². The van der Waals surface area contributed by atoms with E-state index in [2.05, 4.69) is 39.4 Å². The first-order valence-corrected chi connectivity index (χ1v) is 8.13. The third kappa shape index (κ3) is 7.50. The molecular formula is C16H29IN4O3. The zero-order chi connectivity index (χ0) is 17.1. The van der Waals surface area contributed by atoms with Crippen LogP contribution in [0.3, 0.4) is 0 Å². The van der Waals surface area contributed by atoms with Gasteiger partial charge in [0, 0.05) is 38.5 Å². The van der Waals surface area contributed by atoms with Crippen LogP contribution >= 0.6 is 24.0 Å². The van der Waals surface area contributed by atoms with E-state index in [0.717, 1.165) is 55.2 Å². The first-order valence-electron chi connectivity index (χ1n) is 8.13. The van der Waals surface area contributed by atoms with Crippen LogP contribution < -0.4 is 10.6 Å². The maximum absolute atomic E-state index is 11.0. The maximum atomic E-state index is 11.0. The number of nitrogens with zero attached hydrogens (tertiary/aromatic N) is 2. The van der Waals surface area contributed by atoms with Crippen LogP contribution in [0.4, 0.5) is 0 Å². The molecule has 2 N–H and O–H groups in total. The van der Waals surface area contributed by atoms with Crippen molar-refractivity contribution in [1.29, 1.82) is 0 Å². The topological polar surface area (TPSA) is 88.8 Å². The molecule has 0 saturated heterocycles. The predicted octanol–water partition coefficient (Wildman–Crippen LogP) is 2.43. The smallest absolute Gasteiger partial charge is 0.305 e. The fourth-order valence-corrected chi connectivity index (χ4v) is 2.23. The molecule has 1 aromatic rings. The molecule has 0 atom stereocenters. The van der Waals surface area contributed by atoms with Crippen molar-refractivity contribution < 1.29 is 14.1 Å². The van der Waals surface area contributed by atoms with Gasteiger partial charge in [-0.05, 0) is 19.3 Å². The minimum absolute atomic E-state index is 0. The third-order valence-corrected chi connectivity index (χ3v) is 3.59. The predicted molar refractivity (Wildman–Crippen MR) is 105 cm³/mol. The van der Waals surface area contributed by atoms with Crippen LogP contribution in [-0.4, -0.2) is 37.8 Å². The van der Waals surface area contributed by atoms with E-state index in [9.17, 15) is 4.79 Å². The lowest BCUT2D eigenvalue weighted by atomic mass is 10.1. The number of aromatic nitrogens is 1. The van der Waals surface area contributed by atoms with Gasteiger partial charge in [-0.3, -0.25) is 9.79 Å². The number of carbonyl (C=O) groups excluding carboxylic acids is 1. The van der Waals surface area contributed by atoms with E-state index in [1.807, 2.05) is 0 Å². The lowest BCUT2D eigenvalue weighted by Gasteiger charge is -2.12. The third-order valence-electron chi connectivity index (χ3n) is 3.59. The number of nitrogens with one attached hydrogen (secondary N) is 2. The van der Waals surface area contributed by atoms with Gasteiger partial charge in [-0.1, -0.05) is 19.0 Å². The molecule has 0 fully saturated rings. The van der Waals surface area contributed by atoms with Crippen molar-refractivity contribution in [3.8, 4) is 0 Å². The van der Waals surface area contributed by atoms with Crippen LogP contribution in [0.2, 0.25) is 0 Å². The Morgan fingerprint density at radius 3 is 2.58 bits per heavy atom. The molecule has 1 heterocycles. The van der Waals surface area contributed by atoms with Gasteiger partial charge < -0.3 is 19.9 Å². The van der Waals surface area contributed by atoms with Crippen molar-refractivity contribution in [3.05, 3.63) is 17.0 Å². The van der Waals surface area contributed by atoms with Gasteiger partial charge in [0.1, 0.15) is 5.76 Å². The van der Waals surface area contributed by atoms with Crippen LogP contribution in [0, 0.1) is 0 Å². The molecular weight excluding hydrogens is 423 g/mol. The van der Waals surface area contributed by atoms with E-state index in [1.54, 1.807) is 7.05 Å². The number of esters is 1. The van der Waals surface area contributed by atoms with Crippen molar-refractivity contribution >= 4 is 35.9 Å². The molecule has 0 aromatic carbocycles. The van der Waals surface area contributed by atoms with Gasteiger partial charge in [-0.2, -0.15) is 0 Å². The standard InChI is InChI=1S/C16H28N4O3.HI/c1-5-13-12(14(6-2)23-20-13)11-19-16(17-3)18-10-8-7-9-15(21)22-4;/h5-11H2,1-4H3,(H2,17,18,19);1H. The molecule has 8 heteroatoms. The largest absolute Gasteiger partial charge is 0.469 e. The Morgan fingerprint density at radius 2 is 2.00 bits per heavy atom. The highest BCUT2D eigenvalue weighted by atomic mass is 127. The molecule has 24 heavy (non-hydrogen) atoms. The summed E-state index contributed by atoms with van der Waals surface area (Å²) >= 11 is 0. The van der Waals surface area contributed by atoms with E-state index >= 15 is 0 Å². The number of methoxy groups -OCH3 is 1. The number of aliphatic imine (C=N–C) groups is 1. The second-order valence-corrected chi connectivity index (χ2v) is 5.12. The summed E-state index contributed by atoms with van der Waals surface area (Å²) in [5.41, 5.74) is 2.10. The van der Waals surface area contributed by atoms with Crippen molar-refractivity contribution in [1.82, 2.24) is 15.8 Å². The summed E-state index contributed by atoms with van der Waals surface area (Å²) in [6.45, 7) is 5.51. The number of hydrogen-bond donors (Lipinski definition) is 2. The van der Waals surface area contributed by atoms with Crippen molar-refractivity contribution in [2.75, 3.05) is 20.7 Å². The van der Waals surface area contributed by atoms with Gasteiger partial charge in [-0.15, -0.1) is 24.0 Å². The Bertz CT molecular complexity index is 496. The summed E-state index contributed by atoms with van der Waals surface area (Å²) in [7, 11) is 3.14. The highest BCUT2D eigenvalue weighted by molar-refractivity contribution is 14.0. The Kier molecular flexibility index (Phi) is 12.3. The molecule has 0 bridgehead atoms. The fourth-order valence-electron chi connectivity index (χ4n) is 2.23. The Labute approximate surface area is 161 Å². The minimum Gasteiger partial charge on any atom is -0.469 e. The molecule has 0 aliphatic carbocycles. The second-order valence-electron chi connectivity index (χ2n) is 5.12. The lowest BCUT2D eigenvalue weighted by molar-refractivity contribution is -0.140. The number of ether oxygens (including phenoxy) is 1. The van der Waals surface area contributed by atoms with Gasteiger partial charge in [-0.25, -0.2) is 0 Å². The number of guanidine groups is 1. The Hall–Kier alpha value is -1.32. The molecule has 1 aromatic heterocycles. The molecule has 0 aliphatic rings. The van der Waals surface area contributed by atoms with Crippen LogP contribution in [0.25, 0.3) is 0 Å². The molecule has 0 aliphatic heterocycles. The number of carbonyl (C=O) groups is 1. The zero-order valence-corrected chi connectivity index (χ0v) is 17.3. The van der Waals surface area contributed by atoms with Crippen LogP contribution in [0.5, 0.6) is 0 Å². The first kappa shape index (κ1) is 22.7. The molecule has 1 rings (SSSR count). The van der Waals surface area contributed by atoms with Gasteiger partial charge >= 0.3 is 5.97 Å². The molecule has 0 unspecified atom stereocenters. The highest BCUT2D eigenvalue weighted by Gasteiger charge is 2.13. The number of unbranched alkanes of at least 4 members (excludes halogenated alkanes) is 1. The molecule has 0 saturated carbocycles. The minimum atomic E-state index is -0.167. The summed E-state index contributed by atoms with van der Waals surface area (Å²) in [6.07, 6.45) is 3.79. The Balaban J connectivity index is 0.00000529. The van der Waals surface area contributed by atoms with Crippen molar-refractivity contribution in [2.24, 2.45) is 4.99 Å². The van der Waals surface area contributed by atoms with Crippen LogP contribution in [-0.2, 0) is 28.9 Å². The van der Waals surface area contributed by atoms with E-state index in [4.69, 9.17) is 4.52 Å². The average Bonchev–Trinajstić information content (AvgIpc) is 2.98. The normalized spacial score (nSPS) is 10.9. The van der Waals surface area contributed by atoms with Crippen LogP contribution in [0.1, 0.15) is 50.1 Å². The van der Waals surface area contributed by atoms with Crippen molar-refractivity contribution in [2.45, 2.75) is 52.5 Å². The second kappa shape index (κ2) is 13.0. The number of halogens is 1. The van der Waals surface area contributed by atoms with E-state index in [1.165, 1.54) is 7.11 Å². The summed E-state index contributed by atoms with van der Waals surface area (Å²) in [5, 5.41) is 10.6. The number of hydrogen-bond acceptors (Lipinski definition) is 5. The molecule has 0 radical (unpaired) electrons. The van der Waals surface area contributed by atoms with Gasteiger partial charge in [0.2, 0.25) is 0 Å². The molecule has 0 amide bonds. The zero-order valence-electron chi connectivity index (χ0n) is 15.0. The highest BCUT2D eigenvalue weighted by Crippen LogP contribution is 2.15. The quantitative estimate of drug-likeness (QED) is 0.197. The summed E-state index contributed by atoms with van der Waals surface area (Å²) < 4.78 is 9.97. The fraction of sp³-hybridized carbons (Fsp3) is 0.688. The van der Waals surface area contributed by atoms with E-state index in [0.29, 0.717) is 13.0 Å². The summed E-state index contributed by atoms with van der Waals surface area (Å²) in [6, 6.07) is 0. The summed E-state index contributed by atoms with van der Waals surface area (Å²) in [4.78, 5) is 15.2. The first-order chi connectivity index (χ1) is 11.2. The van der Waals surface area contributed by atoms with E-state index in [-0.39, 0.29) is 29.9 Å². The Morgan fingerprint density at radius 1 is 1.25 bits per heavy atom. The van der Waals surface area contributed by atoms with Gasteiger partial charge in [0.15, 0.2) is 5.96 Å². The van der Waals surface area contributed by atoms with Crippen molar-refractivity contribution in [3.63, 3.8) is 0 Å². The van der Waals surface area contributed by atoms with E-state index < -0.39 is 0 Å². The van der Waals surface area contributed by atoms with Gasteiger partial charge in [0.25, 0.3) is 0 Å². The molecule has 138 valence electrons. The monoisotopic (exact) mass is 452 g/mol. The number of rotatable bonds is 9. The SMILES string of the molecule is CCc1noc(CC)c1CNC(=NC)NCCCCC(=O)OC.I. The lowest BCUT2D eigenvalue weighted by Crippen LogP contribution is -2.37. The maximum Gasteiger partial charge on any atom is 0.305 e.